The summed E-state index contributed by atoms with van der Waals surface area (Å²) in [7, 11) is 1.63. The van der Waals surface area contributed by atoms with Crippen LogP contribution in [0.5, 0.6) is 0 Å². The van der Waals surface area contributed by atoms with E-state index in [0.717, 1.165) is 14.5 Å². The SMILES string of the molecule is COCC(CO)NCc1ccc(Br)c(Br)c1. The molecular weight excluding hydrogens is 338 g/mol. The van der Waals surface area contributed by atoms with E-state index in [4.69, 9.17) is 9.84 Å². The van der Waals surface area contributed by atoms with Gasteiger partial charge < -0.3 is 15.2 Å². The zero-order valence-corrected chi connectivity index (χ0v) is 12.2. The second kappa shape index (κ2) is 7.40. The summed E-state index contributed by atoms with van der Waals surface area (Å²) in [4.78, 5) is 0. The van der Waals surface area contributed by atoms with Crippen LogP contribution in [0.3, 0.4) is 0 Å². The molecule has 0 spiro atoms. The first-order chi connectivity index (χ1) is 7.67. The van der Waals surface area contributed by atoms with E-state index in [9.17, 15) is 0 Å². The van der Waals surface area contributed by atoms with Crippen LogP contribution in [0, 0.1) is 0 Å². The summed E-state index contributed by atoms with van der Waals surface area (Å²) < 4.78 is 7.05. The molecule has 0 radical (unpaired) electrons. The van der Waals surface area contributed by atoms with Gasteiger partial charge in [-0.15, -0.1) is 0 Å². The van der Waals surface area contributed by atoms with Crippen LogP contribution in [0.2, 0.25) is 0 Å². The number of aliphatic hydroxyl groups is 1. The molecule has 0 bridgehead atoms. The van der Waals surface area contributed by atoms with E-state index in [0.29, 0.717) is 13.2 Å². The minimum Gasteiger partial charge on any atom is -0.395 e. The molecule has 1 aromatic rings. The average molecular weight is 353 g/mol. The van der Waals surface area contributed by atoms with Gasteiger partial charge in [-0.2, -0.15) is 0 Å². The quantitative estimate of drug-likeness (QED) is 0.825. The van der Waals surface area contributed by atoms with Gasteiger partial charge in [0, 0.05) is 22.6 Å². The second-order valence-electron chi connectivity index (χ2n) is 3.46. The first-order valence-corrected chi connectivity index (χ1v) is 6.53. The lowest BCUT2D eigenvalue weighted by atomic mass is 10.2. The summed E-state index contributed by atoms with van der Waals surface area (Å²) in [6.07, 6.45) is 0. The molecule has 0 amide bonds. The van der Waals surface area contributed by atoms with Gasteiger partial charge in [0.2, 0.25) is 0 Å². The highest BCUT2D eigenvalue weighted by atomic mass is 79.9. The van der Waals surface area contributed by atoms with Crippen molar-refractivity contribution in [3.63, 3.8) is 0 Å². The Hall–Kier alpha value is 0.0600. The van der Waals surface area contributed by atoms with Crippen LogP contribution >= 0.6 is 31.9 Å². The Labute approximate surface area is 112 Å². The van der Waals surface area contributed by atoms with Crippen molar-refractivity contribution in [2.75, 3.05) is 20.3 Å². The number of nitrogens with one attached hydrogen (secondary N) is 1. The Morgan fingerprint density at radius 3 is 2.69 bits per heavy atom. The summed E-state index contributed by atoms with van der Waals surface area (Å²) in [5, 5.41) is 12.3. The summed E-state index contributed by atoms with van der Waals surface area (Å²) in [5.74, 6) is 0. The van der Waals surface area contributed by atoms with Crippen molar-refractivity contribution in [2.45, 2.75) is 12.6 Å². The lowest BCUT2D eigenvalue weighted by molar-refractivity contribution is 0.128. The third kappa shape index (κ3) is 4.51. The van der Waals surface area contributed by atoms with Crippen molar-refractivity contribution < 1.29 is 9.84 Å². The predicted molar refractivity (Wildman–Crippen MR) is 71.4 cm³/mol. The second-order valence-corrected chi connectivity index (χ2v) is 5.17. The molecule has 1 rings (SSSR count). The minimum atomic E-state index is -0.0209. The number of halogens is 2. The van der Waals surface area contributed by atoms with E-state index in [1.54, 1.807) is 7.11 Å². The maximum atomic E-state index is 9.07. The van der Waals surface area contributed by atoms with Crippen LogP contribution in [0.25, 0.3) is 0 Å². The normalized spacial score (nSPS) is 12.8. The van der Waals surface area contributed by atoms with Crippen LogP contribution in [-0.2, 0) is 11.3 Å². The summed E-state index contributed by atoms with van der Waals surface area (Å²) >= 11 is 6.87. The lowest BCUT2D eigenvalue weighted by Gasteiger charge is -2.15. The smallest absolute Gasteiger partial charge is 0.0638 e. The number of ether oxygens (including phenoxy) is 1. The summed E-state index contributed by atoms with van der Waals surface area (Å²) in [6, 6.07) is 6.04. The predicted octanol–water partition coefficient (Wildman–Crippen LogP) is 2.31. The maximum Gasteiger partial charge on any atom is 0.0638 e. The zero-order valence-electron chi connectivity index (χ0n) is 9.04. The van der Waals surface area contributed by atoms with Crippen molar-refractivity contribution in [1.29, 1.82) is 0 Å². The topological polar surface area (TPSA) is 41.5 Å². The Balaban J connectivity index is 2.50. The van der Waals surface area contributed by atoms with Crippen molar-refractivity contribution in [2.24, 2.45) is 0 Å². The molecule has 90 valence electrons. The molecule has 3 nitrogen and oxygen atoms in total. The van der Waals surface area contributed by atoms with Gasteiger partial charge in [-0.05, 0) is 49.6 Å². The molecule has 1 unspecified atom stereocenters. The Bertz CT molecular complexity index is 334. The average Bonchev–Trinajstić information content (AvgIpc) is 2.28. The number of aliphatic hydroxyl groups excluding tert-OH is 1. The fourth-order valence-corrected chi connectivity index (χ4v) is 1.96. The standard InChI is InChI=1S/C11H15Br2NO2/c1-16-7-9(6-15)14-5-8-2-3-10(12)11(13)4-8/h2-4,9,14-15H,5-7H2,1H3. The van der Waals surface area contributed by atoms with E-state index >= 15 is 0 Å². The molecule has 0 saturated heterocycles. The molecule has 0 fully saturated rings. The molecule has 2 N–H and O–H groups in total. The molecule has 1 atom stereocenters. The fourth-order valence-electron chi connectivity index (χ4n) is 1.29. The van der Waals surface area contributed by atoms with Gasteiger partial charge in [0.15, 0.2) is 0 Å². The van der Waals surface area contributed by atoms with E-state index < -0.39 is 0 Å². The maximum absolute atomic E-state index is 9.07. The fraction of sp³-hybridized carbons (Fsp3) is 0.455. The van der Waals surface area contributed by atoms with Crippen molar-refractivity contribution in [3.05, 3.63) is 32.7 Å². The molecule has 1 aromatic carbocycles. The monoisotopic (exact) mass is 351 g/mol. The number of hydrogen-bond acceptors (Lipinski definition) is 3. The first kappa shape index (κ1) is 14.1. The third-order valence-corrected chi connectivity index (χ3v) is 4.05. The summed E-state index contributed by atoms with van der Waals surface area (Å²) in [6.45, 7) is 1.29. The van der Waals surface area contributed by atoms with Gasteiger partial charge in [-0.3, -0.25) is 0 Å². The lowest BCUT2D eigenvalue weighted by Crippen LogP contribution is -2.35. The molecule has 5 heteroatoms. The highest BCUT2D eigenvalue weighted by Crippen LogP contribution is 2.23. The molecule has 0 aliphatic carbocycles. The van der Waals surface area contributed by atoms with Gasteiger partial charge in [-0.25, -0.2) is 0 Å². The Morgan fingerprint density at radius 1 is 1.38 bits per heavy atom. The minimum absolute atomic E-state index is 0.0209. The van der Waals surface area contributed by atoms with E-state index in [2.05, 4.69) is 37.2 Å². The molecule has 0 aromatic heterocycles. The highest BCUT2D eigenvalue weighted by molar-refractivity contribution is 9.13. The number of rotatable bonds is 6. The highest BCUT2D eigenvalue weighted by Gasteiger charge is 2.06. The summed E-state index contributed by atoms with van der Waals surface area (Å²) in [5.41, 5.74) is 1.16. The van der Waals surface area contributed by atoms with Gasteiger partial charge >= 0.3 is 0 Å². The van der Waals surface area contributed by atoms with Crippen molar-refractivity contribution in [1.82, 2.24) is 5.32 Å². The molecule has 0 heterocycles. The van der Waals surface area contributed by atoms with Gasteiger partial charge in [0.1, 0.15) is 0 Å². The van der Waals surface area contributed by atoms with Gasteiger partial charge in [0.05, 0.1) is 19.3 Å². The molecular formula is C11H15Br2NO2. The van der Waals surface area contributed by atoms with Crippen LogP contribution in [0.15, 0.2) is 27.1 Å². The molecule has 0 saturated carbocycles. The van der Waals surface area contributed by atoms with Crippen molar-refractivity contribution in [3.8, 4) is 0 Å². The third-order valence-electron chi connectivity index (χ3n) is 2.17. The molecule has 0 aliphatic heterocycles. The zero-order chi connectivity index (χ0) is 12.0. The van der Waals surface area contributed by atoms with Gasteiger partial charge in [-0.1, -0.05) is 6.07 Å². The van der Waals surface area contributed by atoms with E-state index in [1.807, 2.05) is 18.2 Å². The van der Waals surface area contributed by atoms with Crippen LogP contribution in [0.4, 0.5) is 0 Å². The number of methoxy groups -OCH3 is 1. The number of hydrogen-bond donors (Lipinski definition) is 2. The molecule has 0 aliphatic rings. The van der Waals surface area contributed by atoms with Crippen LogP contribution in [-0.4, -0.2) is 31.5 Å². The largest absolute Gasteiger partial charge is 0.395 e. The number of benzene rings is 1. The van der Waals surface area contributed by atoms with Crippen LogP contribution in [0.1, 0.15) is 5.56 Å². The van der Waals surface area contributed by atoms with E-state index in [-0.39, 0.29) is 12.6 Å². The Morgan fingerprint density at radius 2 is 2.12 bits per heavy atom. The van der Waals surface area contributed by atoms with E-state index in [1.165, 1.54) is 0 Å². The molecule has 16 heavy (non-hydrogen) atoms. The Kier molecular flexibility index (Phi) is 6.53. The van der Waals surface area contributed by atoms with Crippen LogP contribution < -0.4 is 5.32 Å². The van der Waals surface area contributed by atoms with Gasteiger partial charge in [0.25, 0.3) is 0 Å². The van der Waals surface area contributed by atoms with Crippen molar-refractivity contribution >= 4 is 31.9 Å². The first-order valence-electron chi connectivity index (χ1n) is 4.94.